The summed E-state index contributed by atoms with van der Waals surface area (Å²) in [5.74, 6) is -0.131. The highest BCUT2D eigenvalue weighted by atomic mass is 16.5. The minimum absolute atomic E-state index is 0.133. The molecular formula is C14H15NO5. The van der Waals surface area contributed by atoms with Crippen molar-refractivity contribution in [2.75, 3.05) is 14.2 Å². The van der Waals surface area contributed by atoms with Crippen LogP contribution in [0.25, 0.3) is 10.9 Å². The van der Waals surface area contributed by atoms with Gasteiger partial charge in [-0.25, -0.2) is 0 Å². The average Bonchev–Trinajstić information content (AvgIpc) is 2.74. The summed E-state index contributed by atoms with van der Waals surface area (Å²) in [5, 5.41) is 9.59. The fourth-order valence-electron chi connectivity index (χ4n) is 2.17. The first-order chi connectivity index (χ1) is 9.47. The molecule has 0 unspecified atom stereocenters. The monoisotopic (exact) mass is 277 g/mol. The van der Waals surface area contributed by atoms with Crippen molar-refractivity contribution in [1.29, 1.82) is 0 Å². The molecule has 0 fully saturated rings. The van der Waals surface area contributed by atoms with Crippen molar-refractivity contribution in [2.45, 2.75) is 13.5 Å². The molecule has 0 aliphatic heterocycles. The highest BCUT2D eigenvalue weighted by Gasteiger charge is 2.17. The molecule has 0 amide bonds. The summed E-state index contributed by atoms with van der Waals surface area (Å²) < 4.78 is 11.9. The maximum Gasteiger partial charge on any atom is 0.323 e. The molecule has 0 saturated carbocycles. The average molecular weight is 277 g/mol. The number of carboxylic acid groups (broad SMARTS) is 1. The number of rotatable bonds is 5. The second kappa shape index (κ2) is 5.24. The zero-order chi connectivity index (χ0) is 14.9. The highest BCUT2D eigenvalue weighted by molar-refractivity contribution is 6.08. The summed E-state index contributed by atoms with van der Waals surface area (Å²) in [6.07, 6.45) is 1.54. The second-order valence-electron chi connectivity index (χ2n) is 4.34. The first-order valence-electron chi connectivity index (χ1n) is 5.95. The number of Topliss-reactive ketones (excluding diaryl/α,β-unsaturated/α-hetero) is 1. The molecule has 0 saturated heterocycles. The Morgan fingerprint density at radius 2 is 1.80 bits per heavy atom. The maximum atomic E-state index is 11.7. The van der Waals surface area contributed by atoms with Crippen molar-refractivity contribution >= 4 is 22.7 Å². The topological polar surface area (TPSA) is 77.8 Å². The van der Waals surface area contributed by atoms with Crippen molar-refractivity contribution in [3.63, 3.8) is 0 Å². The van der Waals surface area contributed by atoms with Crippen LogP contribution in [0.15, 0.2) is 18.3 Å². The van der Waals surface area contributed by atoms with Gasteiger partial charge in [-0.3, -0.25) is 9.59 Å². The van der Waals surface area contributed by atoms with E-state index in [1.807, 2.05) is 0 Å². The van der Waals surface area contributed by atoms with Gasteiger partial charge in [-0.2, -0.15) is 0 Å². The lowest BCUT2D eigenvalue weighted by Crippen LogP contribution is -2.07. The van der Waals surface area contributed by atoms with E-state index in [0.717, 1.165) is 0 Å². The summed E-state index contributed by atoms with van der Waals surface area (Å²) >= 11 is 0. The number of ether oxygens (including phenoxy) is 2. The summed E-state index contributed by atoms with van der Waals surface area (Å²) in [5.41, 5.74) is 1.08. The van der Waals surface area contributed by atoms with Crippen molar-refractivity contribution < 1.29 is 24.2 Å². The van der Waals surface area contributed by atoms with Crippen LogP contribution >= 0.6 is 0 Å². The lowest BCUT2D eigenvalue weighted by molar-refractivity contribution is -0.137. The Hall–Kier alpha value is -2.50. The Morgan fingerprint density at radius 3 is 2.30 bits per heavy atom. The van der Waals surface area contributed by atoms with Crippen molar-refractivity contribution in [3.8, 4) is 11.5 Å². The number of carbonyl (C=O) groups is 2. The number of fused-ring (bicyclic) bond motifs is 1. The highest BCUT2D eigenvalue weighted by Crippen LogP contribution is 2.34. The van der Waals surface area contributed by atoms with E-state index in [2.05, 4.69) is 0 Å². The molecule has 106 valence electrons. The van der Waals surface area contributed by atoms with E-state index in [-0.39, 0.29) is 12.3 Å². The standard InChI is InChI=1S/C14H15NO5/c1-8(16)10-6-15(7-14(17)18)11-5-13(20-3)12(19-2)4-9(10)11/h4-6H,7H2,1-3H3,(H,17,18). The zero-order valence-electron chi connectivity index (χ0n) is 11.5. The summed E-state index contributed by atoms with van der Waals surface area (Å²) in [6.45, 7) is 1.22. The van der Waals surface area contributed by atoms with Crippen molar-refractivity contribution in [2.24, 2.45) is 0 Å². The molecule has 0 aliphatic rings. The molecule has 6 nitrogen and oxygen atoms in total. The Labute approximate surface area is 115 Å². The first kappa shape index (κ1) is 13.9. The molecule has 0 radical (unpaired) electrons. The van der Waals surface area contributed by atoms with Crippen LogP contribution in [0.4, 0.5) is 0 Å². The molecule has 0 bridgehead atoms. The van der Waals surface area contributed by atoms with Crippen LogP contribution in [0, 0.1) is 0 Å². The third-order valence-electron chi connectivity index (χ3n) is 3.07. The van der Waals surface area contributed by atoms with Gasteiger partial charge < -0.3 is 19.1 Å². The van der Waals surface area contributed by atoms with Gasteiger partial charge in [0.1, 0.15) is 6.54 Å². The van der Waals surface area contributed by atoms with Gasteiger partial charge in [0.05, 0.1) is 19.7 Å². The number of aliphatic carboxylic acids is 1. The van der Waals surface area contributed by atoms with E-state index in [1.165, 1.54) is 25.7 Å². The number of ketones is 1. The third kappa shape index (κ3) is 2.32. The zero-order valence-corrected chi connectivity index (χ0v) is 11.5. The van der Waals surface area contributed by atoms with Gasteiger partial charge in [0, 0.05) is 23.2 Å². The van der Waals surface area contributed by atoms with Crippen LogP contribution in [0.2, 0.25) is 0 Å². The number of aromatic nitrogens is 1. The van der Waals surface area contributed by atoms with E-state index in [4.69, 9.17) is 14.6 Å². The molecule has 1 aromatic carbocycles. The first-order valence-corrected chi connectivity index (χ1v) is 5.95. The SMILES string of the molecule is COc1cc2c(C(C)=O)cn(CC(=O)O)c2cc1OC. The fraction of sp³-hybridized carbons (Fsp3) is 0.286. The lowest BCUT2D eigenvalue weighted by atomic mass is 10.1. The smallest absolute Gasteiger partial charge is 0.323 e. The normalized spacial score (nSPS) is 10.6. The van der Waals surface area contributed by atoms with Gasteiger partial charge in [0.25, 0.3) is 0 Å². The van der Waals surface area contributed by atoms with Crippen LogP contribution in [0.5, 0.6) is 11.5 Å². The molecule has 1 N–H and O–H groups in total. The number of benzene rings is 1. The minimum Gasteiger partial charge on any atom is -0.493 e. The molecule has 2 aromatic rings. The Bertz CT molecular complexity index is 686. The predicted octanol–water partition coefficient (Wildman–Crippen LogP) is 1.95. The van der Waals surface area contributed by atoms with Crippen molar-refractivity contribution in [1.82, 2.24) is 4.57 Å². The molecule has 1 aromatic heterocycles. The molecule has 0 aliphatic carbocycles. The van der Waals surface area contributed by atoms with Gasteiger partial charge in [-0.05, 0) is 13.0 Å². The van der Waals surface area contributed by atoms with E-state index in [9.17, 15) is 9.59 Å². The molecule has 0 atom stereocenters. The van der Waals surface area contributed by atoms with Crippen LogP contribution in [0.3, 0.4) is 0 Å². The van der Waals surface area contributed by atoms with Crippen LogP contribution in [0.1, 0.15) is 17.3 Å². The summed E-state index contributed by atoms with van der Waals surface area (Å²) in [6, 6.07) is 3.35. The Morgan fingerprint density at radius 1 is 1.20 bits per heavy atom. The lowest BCUT2D eigenvalue weighted by Gasteiger charge is -2.09. The largest absolute Gasteiger partial charge is 0.493 e. The van der Waals surface area contributed by atoms with E-state index >= 15 is 0 Å². The van der Waals surface area contributed by atoms with Crippen LogP contribution in [-0.4, -0.2) is 35.6 Å². The van der Waals surface area contributed by atoms with Gasteiger partial charge in [0.15, 0.2) is 17.3 Å². The third-order valence-corrected chi connectivity index (χ3v) is 3.07. The number of methoxy groups -OCH3 is 2. The number of nitrogens with zero attached hydrogens (tertiary/aromatic N) is 1. The van der Waals surface area contributed by atoms with E-state index in [1.54, 1.807) is 18.3 Å². The van der Waals surface area contributed by atoms with E-state index < -0.39 is 5.97 Å². The summed E-state index contributed by atoms with van der Waals surface area (Å²) in [4.78, 5) is 22.6. The Balaban J connectivity index is 2.75. The quantitative estimate of drug-likeness (QED) is 0.845. The molecular weight excluding hydrogens is 262 g/mol. The summed E-state index contributed by atoms with van der Waals surface area (Å²) in [7, 11) is 3.01. The minimum atomic E-state index is -0.980. The number of carboxylic acids is 1. The van der Waals surface area contributed by atoms with E-state index in [0.29, 0.717) is 28.0 Å². The molecule has 20 heavy (non-hydrogen) atoms. The van der Waals surface area contributed by atoms with Crippen molar-refractivity contribution in [3.05, 3.63) is 23.9 Å². The van der Waals surface area contributed by atoms with Gasteiger partial charge in [0.2, 0.25) is 0 Å². The predicted molar refractivity (Wildman–Crippen MR) is 72.7 cm³/mol. The fourth-order valence-corrected chi connectivity index (χ4v) is 2.17. The molecule has 1 heterocycles. The molecule has 0 spiro atoms. The molecule has 6 heteroatoms. The van der Waals surface area contributed by atoms with Gasteiger partial charge in [-0.1, -0.05) is 0 Å². The van der Waals surface area contributed by atoms with Crippen LogP contribution in [-0.2, 0) is 11.3 Å². The van der Waals surface area contributed by atoms with Gasteiger partial charge in [-0.15, -0.1) is 0 Å². The van der Waals surface area contributed by atoms with Crippen LogP contribution < -0.4 is 9.47 Å². The Kier molecular flexibility index (Phi) is 3.65. The molecule has 2 rings (SSSR count). The second-order valence-corrected chi connectivity index (χ2v) is 4.34. The number of carbonyl (C=O) groups excluding carboxylic acids is 1. The maximum absolute atomic E-state index is 11.7. The number of hydrogen-bond acceptors (Lipinski definition) is 4. The van der Waals surface area contributed by atoms with Gasteiger partial charge >= 0.3 is 5.97 Å². The number of hydrogen-bond donors (Lipinski definition) is 1.